The van der Waals surface area contributed by atoms with E-state index >= 15 is 0 Å². The molecule has 2 aliphatic rings. The fourth-order valence-electron chi connectivity index (χ4n) is 8.70. The number of primary amides is 1. The van der Waals surface area contributed by atoms with Crippen LogP contribution in [0.2, 0.25) is 0 Å². The molecule has 0 saturated carbocycles. The van der Waals surface area contributed by atoms with Crippen molar-refractivity contribution in [3.8, 4) is 33.8 Å². The van der Waals surface area contributed by atoms with Crippen LogP contribution in [-0.2, 0) is 25.7 Å². The van der Waals surface area contributed by atoms with Gasteiger partial charge in [-0.05, 0) is 54.9 Å². The molecule has 2 aliphatic heterocycles. The molecule has 8 rings (SSSR count). The minimum atomic E-state index is -1.33. The molecule has 5 heterocycles. The molecule has 68 heavy (non-hydrogen) atoms. The normalized spacial score (nSPS) is 16.5. The number of imidazole rings is 2. The van der Waals surface area contributed by atoms with E-state index in [0.717, 1.165) is 63.3 Å². The van der Waals surface area contributed by atoms with E-state index in [1.807, 2.05) is 86.6 Å². The third-order valence-electron chi connectivity index (χ3n) is 12.0. The number of carboxylic acid groups (broad SMARTS) is 2. The number of amides is 5. The van der Waals surface area contributed by atoms with Crippen molar-refractivity contribution in [1.82, 2.24) is 49.9 Å². The Balaban J connectivity index is 0.00000165. The summed E-state index contributed by atoms with van der Waals surface area (Å²) in [5.41, 5.74) is 11.4. The molecule has 4 atom stereocenters. The zero-order valence-electron chi connectivity index (χ0n) is 38.2. The molecule has 3 aromatic heterocycles. The van der Waals surface area contributed by atoms with E-state index < -0.39 is 30.4 Å². The Labute approximate surface area is 391 Å². The number of carbonyl (C=O) groups excluding carboxylic acids is 3. The number of H-pyrrole nitrogens is 2. The molecule has 0 aliphatic carbocycles. The van der Waals surface area contributed by atoms with E-state index in [2.05, 4.69) is 26.0 Å². The number of methoxy groups -OCH3 is 1. The predicted octanol–water partition coefficient (Wildman–Crippen LogP) is 6.60. The highest BCUT2D eigenvalue weighted by molar-refractivity contribution is 5.87. The van der Waals surface area contributed by atoms with E-state index in [-0.39, 0.29) is 36.4 Å². The van der Waals surface area contributed by atoms with Crippen LogP contribution in [-0.4, -0.2) is 131 Å². The van der Waals surface area contributed by atoms with Crippen LogP contribution >= 0.6 is 0 Å². The molecule has 5 amide bonds. The Morgan fingerprint density at radius 1 is 0.794 bits per heavy atom. The van der Waals surface area contributed by atoms with Crippen LogP contribution in [0.4, 0.5) is 14.4 Å². The number of likely N-dealkylation sites (N-methyl/N-ethyl adjacent to an activating group) is 1. The number of nitrogens with one attached hydrogen (secondary N) is 3. The Morgan fingerprint density at radius 2 is 1.37 bits per heavy atom. The first-order valence-corrected chi connectivity index (χ1v) is 22.2. The van der Waals surface area contributed by atoms with Crippen molar-refractivity contribution in [3.63, 3.8) is 0 Å². The maximum Gasteiger partial charge on any atom is 0.407 e. The number of hydrogen-bond donors (Lipinski definition) is 6. The third-order valence-corrected chi connectivity index (χ3v) is 12.0. The van der Waals surface area contributed by atoms with Crippen LogP contribution < -0.4 is 11.1 Å². The van der Waals surface area contributed by atoms with Gasteiger partial charge in [0.25, 0.3) is 0 Å². The molecular weight excluding hydrogens is 875 g/mol. The van der Waals surface area contributed by atoms with Crippen LogP contribution in [0.15, 0.2) is 91.4 Å². The van der Waals surface area contributed by atoms with Gasteiger partial charge in [0.1, 0.15) is 23.7 Å². The van der Waals surface area contributed by atoms with Crippen molar-refractivity contribution < 1.29 is 43.7 Å². The summed E-state index contributed by atoms with van der Waals surface area (Å²) < 4.78 is 10.7. The summed E-state index contributed by atoms with van der Waals surface area (Å²) in [6, 6.07) is 21.1. The lowest BCUT2D eigenvalue weighted by atomic mass is 10.0. The van der Waals surface area contributed by atoms with E-state index in [1.54, 1.807) is 28.4 Å². The highest BCUT2D eigenvalue weighted by atomic mass is 16.5. The number of likely N-dealkylation sites (tertiary alicyclic amines) is 2. The number of fused-ring (bicyclic) bond motifs is 1. The quantitative estimate of drug-likeness (QED) is 0.0672. The number of rotatable bonds is 14. The number of hydrogen-bond acceptors (Lipinski definition) is 11. The number of alkyl carbamates (subject to hydrolysis) is 1. The number of nitrogens with zero attached hydrogens (tertiary/aromatic N) is 7. The van der Waals surface area contributed by atoms with Crippen molar-refractivity contribution in [1.29, 1.82) is 0 Å². The first kappa shape index (κ1) is 48.1. The highest BCUT2D eigenvalue weighted by Gasteiger charge is 2.40. The summed E-state index contributed by atoms with van der Waals surface area (Å²) in [5.74, 6) is 0.652. The first-order valence-electron chi connectivity index (χ1n) is 22.2. The maximum atomic E-state index is 13.9. The Morgan fingerprint density at radius 3 is 1.96 bits per heavy atom. The van der Waals surface area contributed by atoms with Crippen LogP contribution in [0.1, 0.15) is 68.8 Å². The second kappa shape index (κ2) is 21.6. The van der Waals surface area contributed by atoms with Gasteiger partial charge in [-0.15, -0.1) is 0 Å². The first-order chi connectivity index (χ1) is 32.7. The van der Waals surface area contributed by atoms with E-state index in [0.29, 0.717) is 49.0 Å². The average molecular weight is 930 g/mol. The fraction of sp³-hybridized carbons (Fsp3) is 0.354. The monoisotopic (exact) mass is 929 g/mol. The predicted molar refractivity (Wildman–Crippen MR) is 250 cm³/mol. The lowest BCUT2D eigenvalue weighted by Crippen LogP contribution is -2.51. The van der Waals surface area contributed by atoms with E-state index in [4.69, 9.17) is 34.3 Å². The van der Waals surface area contributed by atoms with Gasteiger partial charge >= 0.3 is 18.3 Å². The molecular formula is C48H55N11O9. The van der Waals surface area contributed by atoms with Gasteiger partial charge in [-0.25, -0.2) is 29.3 Å². The standard InChI is InChI=1S/C47H52N10O7.CH3NO2/c1-28(2)41(55(3)47(61)62)45(59)57-21-9-13-40(57)43-49-24-36(52-43)31-16-14-30(15-17-31)35-23-48-34-22-32(18-19-33(34)51-35)37-25-50-42(53-37)39-12-8-20-56(39)44(58)38(54-46(60)63-4)27-64-26-29-10-6-5-7-11-29;2-1(3)4/h5-7,10-11,14-19,22-25,28,38-41H,8-9,12-13,20-21,26-27H2,1-4H3,(H,49,52)(H,50,53)(H,54,60)(H,61,62);2H2,(H,3,4)/t38-,39-,40-,41-;/m0./s1. The van der Waals surface area contributed by atoms with Crippen molar-refractivity contribution in [3.05, 3.63) is 109 Å². The number of nitrogens with two attached hydrogens (primary N) is 1. The second-order valence-corrected chi connectivity index (χ2v) is 16.9. The molecule has 7 N–H and O–H groups in total. The van der Waals surface area contributed by atoms with Gasteiger partial charge in [-0.2, -0.15) is 0 Å². The van der Waals surface area contributed by atoms with Crippen molar-refractivity contribution >= 4 is 41.1 Å². The molecule has 0 spiro atoms. The molecule has 356 valence electrons. The zero-order chi connectivity index (χ0) is 48.5. The summed E-state index contributed by atoms with van der Waals surface area (Å²) in [6.45, 7) is 5.04. The third kappa shape index (κ3) is 11.2. The molecule has 2 saturated heterocycles. The minimum absolute atomic E-state index is 0.0185. The van der Waals surface area contributed by atoms with Crippen LogP contribution in [0.5, 0.6) is 0 Å². The maximum absolute atomic E-state index is 13.9. The number of aromatic amines is 2. The van der Waals surface area contributed by atoms with Gasteiger partial charge in [0.2, 0.25) is 11.8 Å². The molecule has 6 aromatic rings. The van der Waals surface area contributed by atoms with Crippen molar-refractivity contribution in [2.24, 2.45) is 11.7 Å². The summed E-state index contributed by atoms with van der Waals surface area (Å²) in [4.78, 5) is 90.8. The number of carbonyl (C=O) groups is 5. The number of aromatic nitrogens is 6. The molecule has 0 radical (unpaired) electrons. The number of ether oxygens (including phenoxy) is 2. The lowest BCUT2D eigenvalue weighted by Gasteiger charge is -2.33. The van der Waals surface area contributed by atoms with E-state index in [1.165, 1.54) is 14.2 Å². The molecule has 2 fully saturated rings. The summed E-state index contributed by atoms with van der Waals surface area (Å²) in [5, 5.41) is 19.5. The second-order valence-electron chi connectivity index (χ2n) is 16.9. The van der Waals surface area contributed by atoms with Gasteiger partial charge in [0, 0.05) is 31.3 Å². The van der Waals surface area contributed by atoms with Gasteiger partial charge in [-0.3, -0.25) is 19.5 Å². The summed E-state index contributed by atoms with van der Waals surface area (Å²) >= 11 is 0. The Hall–Kier alpha value is -7.87. The van der Waals surface area contributed by atoms with Gasteiger partial charge in [0.05, 0.1) is 79.1 Å². The van der Waals surface area contributed by atoms with Crippen molar-refractivity contribution in [2.75, 3.05) is 33.9 Å². The lowest BCUT2D eigenvalue weighted by molar-refractivity contribution is -0.138. The summed E-state index contributed by atoms with van der Waals surface area (Å²) in [7, 11) is 2.70. The van der Waals surface area contributed by atoms with Crippen molar-refractivity contribution in [2.45, 2.75) is 70.3 Å². The molecule has 20 nitrogen and oxygen atoms in total. The largest absolute Gasteiger partial charge is 0.465 e. The molecule has 0 bridgehead atoms. The Kier molecular flexibility index (Phi) is 15.3. The topological polar surface area (TPSA) is 275 Å². The average Bonchev–Trinajstić information content (AvgIpc) is 4.18. The fourth-order valence-corrected chi connectivity index (χ4v) is 8.70. The molecule has 0 unspecified atom stereocenters. The molecule has 20 heteroatoms. The van der Waals surface area contributed by atoms with Crippen LogP contribution in [0.25, 0.3) is 44.8 Å². The summed E-state index contributed by atoms with van der Waals surface area (Å²) in [6.07, 6.45) is 5.11. The van der Waals surface area contributed by atoms with Gasteiger partial charge in [-0.1, -0.05) is 74.5 Å². The van der Waals surface area contributed by atoms with Gasteiger partial charge < -0.3 is 50.5 Å². The molecule has 3 aromatic carbocycles. The number of benzene rings is 3. The van der Waals surface area contributed by atoms with Crippen LogP contribution in [0, 0.1) is 5.92 Å². The smallest absolute Gasteiger partial charge is 0.407 e. The highest BCUT2D eigenvalue weighted by Crippen LogP contribution is 2.35. The minimum Gasteiger partial charge on any atom is -0.465 e. The zero-order valence-corrected chi connectivity index (χ0v) is 38.2. The van der Waals surface area contributed by atoms with Gasteiger partial charge in [0.15, 0.2) is 0 Å². The van der Waals surface area contributed by atoms with E-state index in [9.17, 15) is 24.3 Å². The SMILES string of the molecule is COC(=O)N[C@@H](COCc1ccccc1)C(=O)N1CCC[C@H]1c1ncc(-c2ccc3nc(-c4ccc(-c5cnc([C@@H]6CCCN6C(=O)[C@H](C(C)C)N(C)C(=O)O)[nH]5)cc4)cnc3c2)[nH]1.NC(=O)O. The Bertz CT molecular complexity index is 2720. The van der Waals surface area contributed by atoms with Crippen LogP contribution in [0.3, 0.4) is 0 Å².